The Hall–Kier alpha value is -1.88. The number of carbonyl (C=O) groups excluding carboxylic acids is 2. The first-order valence-corrected chi connectivity index (χ1v) is 5.24. The van der Waals surface area contributed by atoms with E-state index in [0.717, 1.165) is 0 Å². The van der Waals surface area contributed by atoms with Crippen molar-refractivity contribution in [2.45, 2.75) is 12.5 Å². The van der Waals surface area contributed by atoms with E-state index in [1.54, 1.807) is 31.2 Å². The molecule has 0 saturated carbocycles. The zero-order valence-corrected chi connectivity index (χ0v) is 9.43. The highest BCUT2D eigenvalue weighted by Gasteiger charge is 2.40. The molecule has 5 heteroatoms. The van der Waals surface area contributed by atoms with Gasteiger partial charge in [-0.25, -0.2) is 4.79 Å². The van der Waals surface area contributed by atoms with Crippen molar-refractivity contribution in [3.63, 3.8) is 0 Å². The van der Waals surface area contributed by atoms with Crippen molar-refractivity contribution in [2.75, 3.05) is 13.4 Å². The third-order valence-electron chi connectivity index (χ3n) is 2.54. The minimum Gasteiger partial charge on any atom is -0.437 e. The van der Waals surface area contributed by atoms with Crippen molar-refractivity contribution in [3.05, 3.63) is 35.9 Å². The summed E-state index contributed by atoms with van der Waals surface area (Å²) in [6.07, 6.45) is 0. The van der Waals surface area contributed by atoms with Crippen molar-refractivity contribution in [1.82, 2.24) is 5.32 Å². The molecule has 17 heavy (non-hydrogen) atoms. The molecule has 1 heterocycles. The maximum Gasteiger partial charge on any atom is 0.336 e. The van der Waals surface area contributed by atoms with Crippen LogP contribution in [0.15, 0.2) is 30.3 Å². The molecule has 0 aliphatic carbocycles. The first-order valence-electron chi connectivity index (χ1n) is 5.24. The van der Waals surface area contributed by atoms with Crippen LogP contribution in [0.4, 0.5) is 0 Å². The molecule has 0 bridgehead atoms. The second kappa shape index (κ2) is 4.55. The summed E-state index contributed by atoms with van der Waals surface area (Å²) in [5.74, 6) is -0.802. The SMILES string of the molecule is C[C@]1(NC(=O)c2ccccc2)COCOC1=O. The fraction of sp³-hybridized carbons (Fsp3) is 0.333. The van der Waals surface area contributed by atoms with Crippen LogP contribution in [0.5, 0.6) is 0 Å². The van der Waals surface area contributed by atoms with Crippen molar-refractivity contribution >= 4 is 11.9 Å². The fourth-order valence-electron chi connectivity index (χ4n) is 1.56. The summed E-state index contributed by atoms with van der Waals surface area (Å²) in [5, 5.41) is 2.62. The van der Waals surface area contributed by atoms with Gasteiger partial charge in [-0.1, -0.05) is 18.2 Å². The smallest absolute Gasteiger partial charge is 0.336 e. The standard InChI is InChI=1S/C12H13NO4/c1-12(7-16-8-17-11(12)15)13-10(14)9-5-3-2-4-6-9/h2-6H,7-8H2,1H3,(H,13,14)/t12-/m0/s1. The summed E-state index contributed by atoms with van der Waals surface area (Å²) in [5.41, 5.74) is -0.627. The van der Waals surface area contributed by atoms with Crippen LogP contribution >= 0.6 is 0 Å². The molecule has 0 radical (unpaired) electrons. The predicted octanol–water partition coefficient (Wildman–Crippen LogP) is 0.706. The second-order valence-corrected chi connectivity index (χ2v) is 4.05. The van der Waals surface area contributed by atoms with Crippen LogP contribution in [0.25, 0.3) is 0 Å². The Labute approximate surface area is 98.7 Å². The number of rotatable bonds is 2. The molecular weight excluding hydrogens is 222 g/mol. The number of benzene rings is 1. The van der Waals surface area contributed by atoms with Gasteiger partial charge in [-0.05, 0) is 19.1 Å². The van der Waals surface area contributed by atoms with Gasteiger partial charge in [0.05, 0.1) is 6.61 Å². The summed E-state index contributed by atoms with van der Waals surface area (Å²) < 4.78 is 9.79. The van der Waals surface area contributed by atoms with Crippen LogP contribution in [0.1, 0.15) is 17.3 Å². The number of carbonyl (C=O) groups is 2. The number of hydrogen-bond acceptors (Lipinski definition) is 4. The molecule has 1 aliphatic heterocycles. The first-order chi connectivity index (χ1) is 8.12. The molecule has 1 aliphatic rings. The van der Waals surface area contributed by atoms with E-state index in [-0.39, 0.29) is 19.3 Å². The van der Waals surface area contributed by atoms with Gasteiger partial charge in [0.2, 0.25) is 0 Å². The number of hydrogen-bond donors (Lipinski definition) is 1. The largest absolute Gasteiger partial charge is 0.437 e. The maximum atomic E-state index is 11.9. The van der Waals surface area contributed by atoms with Gasteiger partial charge in [0.1, 0.15) is 0 Å². The van der Waals surface area contributed by atoms with Gasteiger partial charge < -0.3 is 14.8 Å². The highest BCUT2D eigenvalue weighted by atomic mass is 16.7. The molecule has 5 nitrogen and oxygen atoms in total. The average Bonchev–Trinajstić information content (AvgIpc) is 2.34. The third kappa shape index (κ3) is 2.45. The Morgan fingerprint density at radius 2 is 2.06 bits per heavy atom. The third-order valence-corrected chi connectivity index (χ3v) is 2.54. The fourth-order valence-corrected chi connectivity index (χ4v) is 1.56. The molecule has 1 saturated heterocycles. The van der Waals surface area contributed by atoms with Crippen LogP contribution in [0.3, 0.4) is 0 Å². The molecule has 1 aromatic carbocycles. The lowest BCUT2D eigenvalue weighted by atomic mass is 10.0. The van der Waals surface area contributed by atoms with E-state index >= 15 is 0 Å². The quantitative estimate of drug-likeness (QED) is 0.766. The lowest BCUT2D eigenvalue weighted by molar-refractivity contribution is -0.183. The Kier molecular flexibility index (Phi) is 3.10. The molecule has 1 aromatic rings. The Balaban J connectivity index is 2.10. The molecule has 0 aromatic heterocycles. The van der Waals surface area contributed by atoms with Crippen molar-refractivity contribution < 1.29 is 19.1 Å². The van der Waals surface area contributed by atoms with E-state index < -0.39 is 11.5 Å². The molecule has 1 N–H and O–H groups in total. The van der Waals surface area contributed by atoms with E-state index in [1.807, 2.05) is 6.07 Å². The van der Waals surface area contributed by atoms with E-state index in [9.17, 15) is 9.59 Å². The molecular formula is C12H13NO4. The maximum absolute atomic E-state index is 11.9. The van der Waals surface area contributed by atoms with Gasteiger partial charge in [0, 0.05) is 5.56 Å². The van der Waals surface area contributed by atoms with Crippen molar-refractivity contribution in [2.24, 2.45) is 0 Å². The van der Waals surface area contributed by atoms with E-state index in [1.165, 1.54) is 0 Å². The van der Waals surface area contributed by atoms with Crippen LogP contribution in [0, 0.1) is 0 Å². The number of amides is 1. The van der Waals surface area contributed by atoms with Gasteiger partial charge in [0.25, 0.3) is 5.91 Å². The zero-order valence-electron chi connectivity index (χ0n) is 9.43. The molecule has 0 spiro atoms. The molecule has 1 fully saturated rings. The van der Waals surface area contributed by atoms with Crippen LogP contribution in [-0.2, 0) is 14.3 Å². The van der Waals surface area contributed by atoms with E-state index in [4.69, 9.17) is 9.47 Å². The molecule has 1 amide bonds. The highest BCUT2D eigenvalue weighted by molar-refractivity contribution is 5.98. The second-order valence-electron chi connectivity index (χ2n) is 4.05. The minimum absolute atomic E-state index is 0.0599. The van der Waals surface area contributed by atoms with Crippen LogP contribution in [0.2, 0.25) is 0 Å². The predicted molar refractivity (Wildman–Crippen MR) is 59.2 cm³/mol. The summed E-state index contributed by atoms with van der Waals surface area (Å²) in [4.78, 5) is 23.5. The Morgan fingerprint density at radius 1 is 1.35 bits per heavy atom. The molecule has 90 valence electrons. The van der Waals surface area contributed by atoms with E-state index in [0.29, 0.717) is 5.56 Å². The van der Waals surface area contributed by atoms with Gasteiger partial charge in [-0.15, -0.1) is 0 Å². The van der Waals surface area contributed by atoms with Gasteiger partial charge in [-0.2, -0.15) is 0 Å². The summed E-state index contributed by atoms with van der Waals surface area (Å²) in [6.45, 7) is 1.63. The monoisotopic (exact) mass is 235 g/mol. The number of cyclic esters (lactones) is 1. The summed E-state index contributed by atoms with van der Waals surface area (Å²) in [7, 11) is 0. The zero-order chi connectivity index (χ0) is 12.3. The minimum atomic E-state index is -1.12. The number of esters is 1. The van der Waals surface area contributed by atoms with Gasteiger partial charge >= 0.3 is 5.97 Å². The normalized spacial score (nSPS) is 23.9. The number of nitrogens with one attached hydrogen (secondary N) is 1. The molecule has 1 atom stereocenters. The topological polar surface area (TPSA) is 64.6 Å². The van der Waals surface area contributed by atoms with E-state index in [2.05, 4.69) is 5.32 Å². The lowest BCUT2D eigenvalue weighted by Crippen LogP contribution is -2.58. The Bertz CT molecular complexity index is 431. The summed E-state index contributed by atoms with van der Waals surface area (Å²) >= 11 is 0. The van der Waals surface area contributed by atoms with Crippen molar-refractivity contribution in [3.8, 4) is 0 Å². The van der Waals surface area contributed by atoms with Gasteiger partial charge in [-0.3, -0.25) is 4.79 Å². The average molecular weight is 235 g/mol. The lowest BCUT2D eigenvalue weighted by Gasteiger charge is -2.31. The van der Waals surface area contributed by atoms with Crippen LogP contribution in [-0.4, -0.2) is 30.8 Å². The molecule has 2 rings (SSSR count). The van der Waals surface area contributed by atoms with Crippen LogP contribution < -0.4 is 5.32 Å². The highest BCUT2D eigenvalue weighted by Crippen LogP contribution is 2.13. The first kappa shape index (κ1) is 11.6. The molecule has 0 unspecified atom stereocenters. The van der Waals surface area contributed by atoms with Gasteiger partial charge in [0.15, 0.2) is 12.3 Å². The number of ether oxygens (including phenoxy) is 2. The van der Waals surface area contributed by atoms with Crippen molar-refractivity contribution in [1.29, 1.82) is 0 Å². The summed E-state index contributed by atoms with van der Waals surface area (Å²) in [6, 6.07) is 8.68. The Morgan fingerprint density at radius 3 is 2.71 bits per heavy atom.